The summed E-state index contributed by atoms with van der Waals surface area (Å²) < 4.78 is 14.6. The van der Waals surface area contributed by atoms with Crippen LogP contribution >= 0.6 is 0 Å². The highest BCUT2D eigenvalue weighted by Crippen LogP contribution is 2.24. The fourth-order valence-electron chi connectivity index (χ4n) is 2.24. The molecule has 0 aromatic carbocycles. The van der Waals surface area contributed by atoms with E-state index in [1.54, 1.807) is 6.20 Å². The van der Waals surface area contributed by atoms with Crippen molar-refractivity contribution in [1.82, 2.24) is 19.6 Å². The monoisotopic (exact) mass is 300 g/mol. The number of carbonyl (C=O) groups is 1. The predicted molar refractivity (Wildman–Crippen MR) is 77.2 cm³/mol. The van der Waals surface area contributed by atoms with E-state index in [2.05, 4.69) is 15.1 Å². The van der Waals surface area contributed by atoms with Crippen LogP contribution in [-0.2, 0) is 0 Å². The first-order valence-corrected chi connectivity index (χ1v) is 6.70. The molecule has 0 fully saturated rings. The Morgan fingerprint density at radius 1 is 1.27 bits per heavy atom. The molecule has 0 aliphatic heterocycles. The van der Waals surface area contributed by atoms with Crippen molar-refractivity contribution in [3.8, 4) is 11.3 Å². The standard InChI is InChI=1S/C15H13FN4O2/c1-8(2)11-7-18-20-13(15(21)22)4-12(19-14(11)20)9-3-10(16)6-17-5-9/h3-8H,1-2H3,(H,21,22). The van der Waals surface area contributed by atoms with E-state index in [0.29, 0.717) is 16.9 Å². The number of halogens is 1. The highest BCUT2D eigenvalue weighted by atomic mass is 19.1. The van der Waals surface area contributed by atoms with Gasteiger partial charge in [0.1, 0.15) is 5.82 Å². The molecule has 1 N–H and O–H groups in total. The van der Waals surface area contributed by atoms with Crippen molar-refractivity contribution >= 4 is 11.6 Å². The summed E-state index contributed by atoms with van der Waals surface area (Å²) in [7, 11) is 0. The number of hydrogen-bond donors (Lipinski definition) is 1. The van der Waals surface area contributed by atoms with E-state index in [1.807, 2.05) is 13.8 Å². The molecule has 3 aromatic heterocycles. The zero-order valence-corrected chi connectivity index (χ0v) is 12.0. The first kappa shape index (κ1) is 14.1. The third-order valence-corrected chi connectivity index (χ3v) is 3.34. The minimum atomic E-state index is -1.13. The lowest BCUT2D eigenvalue weighted by atomic mass is 10.1. The number of nitrogens with zero attached hydrogens (tertiary/aromatic N) is 4. The molecule has 0 unspecified atom stereocenters. The lowest BCUT2D eigenvalue weighted by Gasteiger charge is -2.07. The Labute approximate surface area is 125 Å². The van der Waals surface area contributed by atoms with Crippen LogP contribution < -0.4 is 0 Å². The molecule has 3 aromatic rings. The minimum absolute atomic E-state index is 0.0313. The summed E-state index contributed by atoms with van der Waals surface area (Å²) in [4.78, 5) is 19.7. The average molecular weight is 300 g/mol. The maximum Gasteiger partial charge on any atom is 0.354 e. The van der Waals surface area contributed by atoms with E-state index in [0.717, 1.165) is 11.8 Å². The second-order valence-electron chi connectivity index (χ2n) is 5.21. The summed E-state index contributed by atoms with van der Waals surface area (Å²) in [5.41, 5.74) is 2.01. The molecule has 0 saturated carbocycles. The molecular formula is C15H13FN4O2. The number of fused-ring (bicyclic) bond motifs is 1. The van der Waals surface area contributed by atoms with Gasteiger partial charge >= 0.3 is 5.97 Å². The van der Waals surface area contributed by atoms with E-state index in [-0.39, 0.29) is 11.6 Å². The van der Waals surface area contributed by atoms with Gasteiger partial charge in [-0.1, -0.05) is 13.8 Å². The topological polar surface area (TPSA) is 80.4 Å². The van der Waals surface area contributed by atoms with E-state index in [1.165, 1.54) is 22.8 Å². The van der Waals surface area contributed by atoms with Crippen LogP contribution in [0.5, 0.6) is 0 Å². The normalized spacial score (nSPS) is 11.3. The number of carboxylic acids is 1. The van der Waals surface area contributed by atoms with Gasteiger partial charge in [0, 0.05) is 17.3 Å². The van der Waals surface area contributed by atoms with Crippen molar-refractivity contribution in [3.05, 3.63) is 47.8 Å². The van der Waals surface area contributed by atoms with Gasteiger partial charge in [-0.25, -0.2) is 18.7 Å². The van der Waals surface area contributed by atoms with Gasteiger partial charge in [0.2, 0.25) is 0 Å². The Kier molecular flexibility index (Phi) is 3.32. The number of hydrogen-bond acceptors (Lipinski definition) is 4. The van der Waals surface area contributed by atoms with Gasteiger partial charge in [-0.05, 0) is 18.1 Å². The first-order chi connectivity index (χ1) is 10.5. The zero-order valence-electron chi connectivity index (χ0n) is 12.0. The largest absolute Gasteiger partial charge is 0.477 e. The molecule has 0 aliphatic rings. The fraction of sp³-hybridized carbons (Fsp3) is 0.200. The molecule has 0 spiro atoms. The summed E-state index contributed by atoms with van der Waals surface area (Å²) in [5, 5.41) is 13.5. The van der Waals surface area contributed by atoms with Crippen molar-refractivity contribution in [2.24, 2.45) is 0 Å². The lowest BCUT2D eigenvalue weighted by Crippen LogP contribution is -2.08. The van der Waals surface area contributed by atoms with Crippen LogP contribution in [0.1, 0.15) is 35.8 Å². The van der Waals surface area contributed by atoms with Crippen LogP contribution in [0.3, 0.4) is 0 Å². The summed E-state index contributed by atoms with van der Waals surface area (Å²) in [6.45, 7) is 3.94. The molecule has 22 heavy (non-hydrogen) atoms. The van der Waals surface area contributed by atoms with Crippen LogP contribution in [0, 0.1) is 5.82 Å². The van der Waals surface area contributed by atoms with Crippen LogP contribution in [0.15, 0.2) is 30.7 Å². The third-order valence-electron chi connectivity index (χ3n) is 3.34. The minimum Gasteiger partial charge on any atom is -0.477 e. The van der Waals surface area contributed by atoms with Crippen molar-refractivity contribution in [1.29, 1.82) is 0 Å². The van der Waals surface area contributed by atoms with E-state index in [9.17, 15) is 14.3 Å². The number of aromatic carboxylic acids is 1. The van der Waals surface area contributed by atoms with Crippen LogP contribution in [0.25, 0.3) is 16.9 Å². The Morgan fingerprint density at radius 3 is 2.68 bits per heavy atom. The molecule has 112 valence electrons. The van der Waals surface area contributed by atoms with Gasteiger partial charge in [0.05, 0.1) is 18.1 Å². The molecule has 7 heteroatoms. The van der Waals surface area contributed by atoms with Crippen molar-refractivity contribution < 1.29 is 14.3 Å². The summed E-state index contributed by atoms with van der Waals surface area (Å²) >= 11 is 0. The van der Waals surface area contributed by atoms with E-state index < -0.39 is 11.8 Å². The molecule has 3 heterocycles. The molecular weight excluding hydrogens is 287 g/mol. The molecule has 6 nitrogen and oxygen atoms in total. The Hall–Kier alpha value is -2.83. The second-order valence-corrected chi connectivity index (χ2v) is 5.21. The van der Waals surface area contributed by atoms with Crippen LogP contribution in [-0.4, -0.2) is 30.7 Å². The molecule has 0 bridgehead atoms. The van der Waals surface area contributed by atoms with Crippen molar-refractivity contribution in [2.75, 3.05) is 0 Å². The van der Waals surface area contributed by atoms with Gasteiger partial charge in [-0.2, -0.15) is 5.10 Å². The van der Waals surface area contributed by atoms with Gasteiger partial charge in [-0.15, -0.1) is 0 Å². The summed E-state index contributed by atoms with van der Waals surface area (Å²) in [6.07, 6.45) is 4.13. The number of carboxylic acid groups (broad SMARTS) is 1. The van der Waals surface area contributed by atoms with Crippen molar-refractivity contribution in [2.45, 2.75) is 19.8 Å². The van der Waals surface area contributed by atoms with Crippen molar-refractivity contribution in [3.63, 3.8) is 0 Å². The first-order valence-electron chi connectivity index (χ1n) is 6.70. The SMILES string of the molecule is CC(C)c1cnn2c(C(=O)O)cc(-c3cncc(F)c3)nc12. The Bertz CT molecular complexity index is 873. The summed E-state index contributed by atoms with van der Waals surface area (Å²) in [6, 6.07) is 2.63. The van der Waals surface area contributed by atoms with E-state index in [4.69, 9.17) is 0 Å². The van der Waals surface area contributed by atoms with Gasteiger partial charge in [0.25, 0.3) is 0 Å². The maximum absolute atomic E-state index is 13.3. The summed E-state index contributed by atoms with van der Waals surface area (Å²) in [5.74, 6) is -1.50. The predicted octanol–water partition coefficient (Wildman–Crippen LogP) is 2.75. The Balaban J connectivity index is 2.32. The maximum atomic E-state index is 13.3. The Morgan fingerprint density at radius 2 is 2.05 bits per heavy atom. The number of aromatic nitrogens is 4. The molecule has 0 atom stereocenters. The van der Waals surface area contributed by atoms with Crippen LogP contribution in [0.4, 0.5) is 4.39 Å². The molecule has 3 rings (SSSR count). The quantitative estimate of drug-likeness (QED) is 0.804. The highest BCUT2D eigenvalue weighted by Gasteiger charge is 2.18. The molecule has 0 radical (unpaired) electrons. The van der Waals surface area contributed by atoms with Gasteiger partial charge in [0.15, 0.2) is 11.3 Å². The van der Waals surface area contributed by atoms with Crippen LogP contribution in [0.2, 0.25) is 0 Å². The smallest absolute Gasteiger partial charge is 0.354 e. The molecule has 0 saturated heterocycles. The third kappa shape index (κ3) is 2.30. The highest BCUT2D eigenvalue weighted by molar-refractivity contribution is 5.88. The number of rotatable bonds is 3. The number of pyridine rings is 1. The van der Waals surface area contributed by atoms with Gasteiger partial charge < -0.3 is 5.11 Å². The fourth-order valence-corrected chi connectivity index (χ4v) is 2.24. The zero-order chi connectivity index (χ0) is 15.9. The average Bonchev–Trinajstić information content (AvgIpc) is 2.89. The second kappa shape index (κ2) is 5.18. The van der Waals surface area contributed by atoms with Gasteiger partial charge in [-0.3, -0.25) is 4.98 Å². The molecule has 0 amide bonds. The molecule has 0 aliphatic carbocycles. The lowest BCUT2D eigenvalue weighted by molar-refractivity contribution is 0.0687. The van der Waals surface area contributed by atoms with E-state index >= 15 is 0 Å².